The van der Waals surface area contributed by atoms with Gasteiger partial charge in [0.05, 0.1) is 0 Å². The molecule has 30 heavy (non-hydrogen) atoms. The first-order chi connectivity index (χ1) is 14.5. The summed E-state index contributed by atoms with van der Waals surface area (Å²) in [5, 5.41) is 12.7. The van der Waals surface area contributed by atoms with Gasteiger partial charge < -0.3 is 9.84 Å². The lowest BCUT2D eigenvalue weighted by molar-refractivity contribution is 0.0562. The molecule has 7 nitrogen and oxygen atoms in total. The number of nitrogens with zero attached hydrogens (tertiary/aromatic N) is 3. The summed E-state index contributed by atoms with van der Waals surface area (Å²) in [7, 11) is -3.35. The average molecular weight is 434 g/mol. The molecule has 164 valence electrons. The molecule has 0 aliphatic carbocycles. The van der Waals surface area contributed by atoms with E-state index in [-0.39, 0.29) is 6.61 Å². The fraction of sp³-hybridized carbons (Fsp3) is 0.545. The van der Waals surface area contributed by atoms with Crippen LogP contribution in [0.5, 0.6) is 5.75 Å². The Labute approximate surface area is 179 Å². The van der Waals surface area contributed by atoms with Crippen molar-refractivity contribution in [3.8, 4) is 5.75 Å². The number of ether oxygens (including phenoxy) is 1. The molecule has 0 unspecified atom stereocenters. The number of piperazine rings is 1. The first kappa shape index (κ1) is 21.5. The van der Waals surface area contributed by atoms with Gasteiger partial charge in [0, 0.05) is 45.8 Å². The van der Waals surface area contributed by atoms with Crippen LogP contribution in [0.25, 0.3) is 10.8 Å². The number of hydrogen-bond acceptors (Lipinski definition) is 5. The molecule has 4 rings (SSSR count). The zero-order chi connectivity index (χ0) is 21.0. The number of fused-ring (bicyclic) bond motifs is 1. The molecular weight excluding hydrogens is 402 g/mol. The van der Waals surface area contributed by atoms with Crippen molar-refractivity contribution in [3.05, 3.63) is 42.5 Å². The van der Waals surface area contributed by atoms with Gasteiger partial charge in [0.25, 0.3) is 10.2 Å². The smallest absolute Gasteiger partial charge is 0.282 e. The summed E-state index contributed by atoms with van der Waals surface area (Å²) in [4.78, 5) is 2.11. The predicted octanol–water partition coefficient (Wildman–Crippen LogP) is 1.93. The first-order valence-electron chi connectivity index (χ1n) is 10.8. The van der Waals surface area contributed by atoms with Crippen molar-refractivity contribution >= 4 is 21.0 Å². The van der Waals surface area contributed by atoms with Crippen LogP contribution in [-0.4, -0.2) is 85.6 Å². The predicted molar refractivity (Wildman–Crippen MR) is 118 cm³/mol. The Hall–Kier alpha value is -1.71. The summed E-state index contributed by atoms with van der Waals surface area (Å²) in [5.41, 5.74) is 0. The van der Waals surface area contributed by atoms with E-state index in [0.29, 0.717) is 45.8 Å². The van der Waals surface area contributed by atoms with Crippen LogP contribution < -0.4 is 4.74 Å². The number of aliphatic hydroxyl groups is 1. The molecule has 2 heterocycles. The second-order valence-electron chi connectivity index (χ2n) is 8.14. The molecule has 1 atom stereocenters. The zero-order valence-electron chi connectivity index (χ0n) is 17.3. The third-order valence-electron chi connectivity index (χ3n) is 5.93. The molecule has 2 aliphatic heterocycles. The lowest BCUT2D eigenvalue weighted by atomic mass is 10.1. The molecule has 0 spiro atoms. The number of benzene rings is 2. The summed E-state index contributed by atoms with van der Waals surface area (Å²) in [6.07, 6.45) is 2.38. The summed E-state index contributed by atoms with van der Waals surface area (Å²) >= 11 is 0. The molecule has 8 heteroatoms. The molecule has 2 aromatic carbocycles. The van der Waals surface area contributed by atoms with Crippen LogP contribution in [0, 0.1) is 0 Å². The van der Waals surface area contributed by atoms with Gasteiger partial charge in [-0.25, -0.2) is 0 Å². The van der Waals surface area contributed by atoms with Crippen molar-refractivity contribution in [2.45, 2.75) is 25.4 Å². The van der Waals surface area contributed by atoms with Gasteiger partial charge in [-0.3, -0.25) is 4.90 Å². The largest absolute Gasteiger partial charge is 0.491 e. The fourth-order valence-electron chi connectivity index (χ4n) is 4.20. The van der Waals surface area contributed by atoms with E-state index in [1.54, 1.807) is 8.61 Å². The van der Waals surface area contributed by atoms with Crippen LogP contribution in [0.1, 0.15) is 19.3 Å². The van der Waals surface area contributed by atoms with E-state index in [1.807, 2.05) is 36.4 Å². The van der Waals surface area contributed by atoms with Gasteiger partial charge in [0.2, 0.25) is 0 Å². The van der Waals surface area contributed by atoms with Crippen molar-refractivity contribution < 1.29 is 18.3 Å². The summed E-state index contributed by atoms with van der Waals surface area (Å²) < 4.78 is 34.6. The molecule has 0 aromatic heterocycles. The minimum Gasteiger partial charge on any atom is -0.491 e. The van der Waals surface area contributed by atoms with E-state index in [4.69, 9.17) is 4.74 Å². The standard InChI is InChI=1S/C22H31N3O4S/c26-21(18-29-22-9-8-19-6-2-3-7-20(19)16-22)17-23-12-14-25(15-13-23)30(27,28)24-10-4-1-5-11-24/h2-3,6-9,16,21,26H,1,4-5,10-15,17-18H2/t21-/m1/s1. The van der Waals surface area contributed by atoms with Crippen LogP contribution >= 0.6 is 0 Å². The highest BCUT2D eigenvalue weighted by Crippen LogP contribution is 2.21. The Morgan fingerprint density at radius 2 is 1.53 bits per heavy atom. The maximum Gasteiger partial charge on any atom is 0.282 e. The first-order valence-corrected chi connectivity index (χ1v) is 12.2. The third kappa shape index (κ3) is 5.12. The lowest BCUT2D eigenvalue weighted by Crippen LogP contribution is -2.54. The van der Waals surface area contributed by atoms with Crippen molar-refractivity contribution in [2.75, 3.05) is 52.4 Å². The topological polar surface area (TPSA) is 73.3 Å². The number of piperidine rings is 1. The Morgan fingerprint density at radius 3 is 2.27 bits per heavy atom. The second-order valence-corrected chi connectivity index (χ2v) is 10.1. The third-order valence-corrected chi connectivity index (χ3v) is 7.97. The Bertz CT molecular complexity index is 938. The molecule has 0 saturated carbocycles. The summed E-state index contributed by atoms with van der Waals surface area (Å²) in [6.45, 7) is 4.14. The van der Waals surface area contributed by atoms with E-state index >= 15 is 0 Å². The Morgan fingerprint density at radius 1 is 0.867 bits per heavy atom. The highest BCUT2D eigenvalue weighted by atomic mass is 32.2. The molecule has 0 amide bonds. The minimum atomic E-state index is -3.35. The van der Waals surface area contributed by atoms with Crippen molar-refractivity contribution in [1.82, 2.24) is 13.5 Å². The van der Waals surface area contributed by atoms with Crippen molar-refractivity contribution in [3.63, 3.8) is 0 Å². The van der Waals surface area contributed by atoms with E-state index in [9.17, 15) is 13.5 Å². The minimum absolute atomic E-state index is 0.213. The van der Waals surface area contributed by atoms with Gasteiger partial charge in [-0.05, 0) is 35.7 Å². The molecule has 2 fully saturated rings. The maximum absolute atomic E-state index is 12.8. The molecule has 2 aliphatic rings. The van der Waals surface area contributed by atoms with Crippen molar-refractivity contribution in [1.29, 1.82) is 0 Å². The number of β-amino-alcohol motifs (C(OH)–C–C–N with tert-alkyl or cyclic N) is 1. The van der Waals surface area contributed by atoms with Crippen LogP contribution in [-0.2, 0) is 10.2 Å². The van der Waals surface area contributed by atoms with Gasteiger partial charge in [0.15, 0.2) is 0 Å². The molecule has 0 bridgehead atoms. The fourth-order valence-corrected chi connectivity index (χ4v) is 5.87. The second kappa shape index (κ2) is 9.62. The SMILES string of the molecule is O=S(=O)(N1CCCCC1)N1CCN(C[C@@H](O)COc2ccc3ccccc3c2)CC1. The quantitative estimate of drug-likeness (QED) is 0.722. The number of aliphatic hydroxyl groups excluding tert-OH is 1. The van der Waals surface area contributed by atoms with E-state index in [1.165, 1.54) is 0 Å². The van der Waals surface area contributed by atoms with Crippen LogP contribution in [0.3, 0.4) is 0 Å². The molecule has 2 aromatic rings. The lowest BCUT2D eigenvalue weighted by Gasteiger charge is -2.38. The monoisotopic (exact) mass is 433 g/mol. The van der Waals surface area contributed by atoms with Gasteiger partial charge in [-0.1, -0.05) is 36.8 Å². The summed E-state index contributed by atoms with van der Waals surface area (Å²) in [6, 6.07) is 14.0. The van der Waals surface area contributed by atoms with Gasteiger partial charge in [0.1, 0.15) is 18.5 Å². The highest BCUT2D eigenvalue weighted by Gasteiger charge is 2.33. The molecule has 2 saturated heterocycles. The highest BCUT2D eigenvalue weighted by molar-refractivity contribution is 7.86. The van der Waals surface area contributed by atoms with Crippen LogP contribution in [0.2, 0.25) is 0 Å². The van der Waals surface area contributed by atoms with E-state index in [2.05, 4.69) is 11.0 Å². The Kier molecular flexibility index (Phi) is 6.90. The number of rotatable bonds is 7. The van der Waals surface area contributed by atoms with Gasteiger partial charge in [-0.2, -0.15) is 17.0 Å². The van der Waals surface area contributed by atoms with E-state index in [0.717, 1.165) is 35.8 Å². The number of hydrogen-bond donors (Lipinski definition) is 1. The van der Waals surface area contributed by atoms with E-state index < -0.39 is 16.3 Å². The Balaban J connectivity index is 1.23. The summed E-state index contributed by atoms with van der Waals surface area (Å²) in [5.74, 6) is 0.741. The van der Waals surface area contributed by atoms with Crippen LogP contribution in [0.15, 0.2) is 42.5 Å². The van der Waals surface area contributed by atoms with Gasteiger partial charge >= 0.3 is 0 Å². The van der Waals surface area contributed by atoms with Gasteiger partial charge in [-0.15, -0.1) is 0 Å². The maximum atomic E-state index is 12.8. The van der Waals surface area contributed by atoms with Crippen LogP contribution in [0.4, 0.5) is 0 Å². The van der Waals surface area contributed by atoms with Crippen molar-refractivity contribution in [2.24, 2.45) is 0 Å². The average Bonchev–Trinajstić information content (AvgIpc) is 2.78. The molecular formula is C22H31N3O4S. The normalized spacial score (nSPS) is 21.0. The molecule has 0 radical (unpaired) electrons. The zero-order valence-corrected chi connectivity index (χ0v) is 18.1. The molecule has 1 N–H and O–H groups in total.